The van der Waals surface area contributed by atoms with Crippen molar-refractivity contribution >= 4 is 12.6 Å². The lowest BCUT2D eigenvalue weighted by atomic mass is 9.81. The maximum absolute atomic E-state index is 10.3. The summed E-state index contributed by atoms with van der Waals surface area (Å²) in [6, 6.07) is 2.25. The summed E-state index contributed by atoms with van der Waals surface area (Å²) >= 11 is 0. The molecule has 2 saturated heterocycles. The van der Waals surface area contributed by atoms with Crippen LogP contribution in [0.1, 0.15) is 54.9 Å². The van der Waals surface area contributed by atoms with Crippen molar-refractivity contribution in [2.45, 2.75) is 83.6 Å². The lowest BCUT2D eigenvalue weighted by Crippen LogP contribution is -2.66. The third-order valence-corrected chi connectivity index (χ3v) is 5.79. The summed E-state index contributed by atoms with van der Waals surface area (Å²) in [5.41, 5.74) is -0.986. The smallest absolute Gasteiger partial charge is 0.399 e. The number of aliphatic hydroxyl groups is 1. The number of nitriles is 1. The summed E-state index contributed by atoms with van der Waals surface area (Å²) in [5.74, 6) is 0. The zero-order chi connectivity index (χ0) is 21.0. The molecule has 154 valence electrons. The number of ether oxygens (including phenoxy) is 1. The molecule has 1 aromatic rings. The van der Waals surface area contributed by atoms with Gasteiger partial charge >= 0.3 is 7.12 Å². The molecule has 0 bridgehead atoms. The highest BCUT2D eigenvalue weighted by molar-refractivity contribution is 6.62. The van der Waals surface area contributed by atoms with Gasteiger partial charge in [-0.25, -0.2) is 0 Å². The maximum Gasteiger partial charge on any atom is 0.498 e. The first-order valence-corrected chi connectivity index (χ1v) is 9.66. The molecule has 9 heteroatoms. The quantitative estimate of drug-likeness (QED) is 0.597. The van der Waals surface area contributed by atoms with E-state index < -0.39 is 35.9 Å². The number of aliphatic hydroxyl groups excluding tert-OH is 1. The Bertz CT molecular complexity index is 743. The first-order valence-electron chi connectivity index (χ1n) is 9.66. The van der Waals surface area contributed by atoms with Crippen LogP contribution in [-0.2, 0) is 19.6 Å². The molecule has 2 aliphatic heterocycles. The molecule has 3 rings (SSSR count). The highest BCUT2D eigenvalue weighted by Gasteiger charge is 2.53. The van der Waals surface area contributed by atoms with Crippen molar-refractivity contribution in [3.63, 3.8) is 0 Å². The summed E-state index contributed by atoms with van der Waals surface area (Å²) < 4.78 is 19.6. The fourth-order valence-electron chi connectivity index (χ4n) is 3.44. The largest absolute Gasteiger partial charge is 0.498 e. The van der Waals surface area contributed by atoms with Gasteiger partial charge < -0.3 is 19.2 Å². The van der Waals surface area contributed by atoms with Gasteiger partial charge in [0, 0.05) is 30.9 Å². The SMILES string of the molecule is CC(C)(C)OC(O)N1CC(CC#N)(n2cc(B3OC(C)(C)C(C)(C)O3)cn2)C1. The van der Waals surface area contributed by atoms with Gasteiger partial charge in [0.1, 0.15) is 5.54 Å². The van der Waals surface area contributed by atoms with E-state index in [-0.39, 0.29) is 6.42 Å². The van der Waals surface area contributed by atoms with Crippen LogP contribution in [0.2, 0.25) is 0 Å². The molecular weight excluding hydrogens is 359 g/mol. The minimum Gasteiger partial charge on any atom is -0.399 e. The van der Waals surface area contributed by atoms with E-state index in [2.05, 4.69) is 11.2 Å². The van der Waals surface area contributed by atoms with Crippen LogP contribution in [0.4, 0.5) is 0 Å². The van der Waals surface area contributed by atoms with E-state index in [1.54, 1.807) is 15.8 Å². The lowest BCUT2D eigenvalue weighted by molar-refractivity contribution is -0.271. The third-order valence-electron chi connectivity index (χ3n) is 5.79. The minimum absolute atomic E-state index is 0.288. The molecule has 0 amide bonds. The Morgan fingerprint density at radius 3 is 2.36 bits per heavy atom. The van der Waals surface area contributed by atoms with E-state index >= 15 is 0 Å². The number of hydrogen-bond acceptors (Lipinski definition) is 7. The van der Waals surface area contributed by atoms with Crippen LogP contribution in [0.25, 0.3) is 0 Å². The van der Waals surface area contributed by atoms with E-state index in [9.17, 15) is 10.4 Å². The van der Waals surface area contributed by atoms with Gasteiger partial charge in [0.25, 0.3) is 0 Å². The molecule has 3 heterocycles. The monoisotopic (exact) mass is 390 g/mol. The van der Waals surface area contributed by atoms with Gasteiger partial charge in [0.15, 0.2) is 0 Å². The van der Waals surface area contributed by atoms with Crippen molar-refractivity contribution in [3.05, 3.63) is 12.4 Å². The second-order valence-corrected chi connectivity index (χ2v) is 9.83. The Labute approximate surface area is 167 Å². The number of likely N-dealkylation sites (tertiary alicyclic amines) is 1. The molecule has 0 radical (unpaired) electrons. The zero-order valence-corrected chi connectivity index (χ0v) is 17.9. The first-order chi connectivity index (χ1) is 12.8. The van der Waals surface area contributed by atoms with Crippen LogP contribution in [0.3, 0.4) is 0 Å². The fourth-order valence-corrected chi connectivity index (χ4v) is 3.44. The maximum atomic E-state index is 10.3. The first kappa shape index (κ1) is 21.3. The van der Waals surface area contributed by atoms with Gasteiger partial charge in [0.05, 0.1) is 29.3 Å². The molecule has 1 unspecified atom stereocenters. The van der Waals surface area contributed by atoms with Gasteiger partial charge in [-0.05, 0) is 48.5 Å². The predicted molar refractivity (Wildman–Crippen MR) is 105 cm³/mol. The van der Waals surface area contributed by atoms with Crippen LogP contribution in [0.15, 0.2) is 12.4 Å². The molecule has 8 nitrogen and oxygen atoms in total. The van der Waals surface area contributed by atoms with Crippen molar-refractivity contribution in [1.29, 1.82) is 5.26 Å². The molecule has 1 aromatic heterocycles. The van der Waals surface area contributed by atoms with Crippen molar-refractivity contribution in [2.75, 3.05) is 13.1 Å². The lowest BCUT2D eigenvalue weighted by Gasteiger charge is -2.51. The van der Waals surface area contributed by atoms with Crippen LogP contribution < -0.4 is 5.46 Å². The highest BCUT2D eigenvalue weighted by Crippen LogP contribution is 2.37. The van der Waals surface area contributed by atoms with Crippen LogP contribution in [-0.4, -0.2) is 63.2 Å². The highest BCUT2D eigenvalue weighted by atomic mass is 16.7. The standard InChI is InChI=1S/C19H31BN4O4/c1-16(2,3)26-15(25)23-12-19(13-23,8-9-21)24-11-14(10-22-24)20-27-17(4,5)18(6,7)28-20/h10-11,15,25H,8,12-13H2,1-7H3. The normalized spacial score (nSPS) is 24.6. The van der Waals surface area contributed by atoms with E-state index in [1.165, 1.54) is 0 Å². The van der Waals surface area contributed by atoms with Gasteiger partial charge in [-0.1, -0.05) is 0 Å². The molecule has 0 spiro atoms. The molecule has 0 saturated carbocycles. The van der Waals surface area contributed by atoms with E-state index in [0.29, 0.717) is 13.1 Å². The van der Waals surface area contributed by atoms with Crippen molar-refractivity contribution in [3.8, 4) is 6.07 Å². The van der Waals surface area contributed by atoms with Crippen LogP contribution >= 0.6 is 0 Å². The van der Waals surface area contributed by atoms with Crippen molar-refractivity contribution in [1.82, 2.24) is 14.7 Å². The van der Waals surface area contributed by atoms with Crippen LogP contribution in [0.5, 0.6) is 0 Å². The topological polar surface area (TPSA) is 92.8 Å². The molecule has 1 atom stereocenters. The molecule has 2 fully saturated rings. The average Bonchev–Trinajstić information content (AvgIpc) is 3.04. The molecule has 2 aliphatic rings. The second kappa shape index (κ2) is 6.82. The van der Waals surface area contributed by atoms with Crippen molar-refractivity contribution < 1.29 is 19.2 Å². The van der Waals surface area contributed by atoms with Crippen molar-refractivity contribution in [2.24, 2.45) is 0 Å². The van der Waals surface area contributed by atoms with E-state index in [1.807, 2.05) is 54.7 Å². The van der Waals surface area contributed by atoms with E-state index in [4.69, 9.17) is 14.0 Å². The fraction of sp³-hybridized carbons (Fsp3) is 0.789. The Balaban J connectivity index is 1.73. The Hall–Kier alpha value is -1.44. The minimum atomic E-state index is -1.01. The number of nitrogens with zero attached hydrogens (tertiary/aromatic N) is 4. The zero-order valence-electron chi connectivity index (χ0n) is 17.9. The summed E-state index contributed by atoms with van der Waals surface area (Å²) in [5, 5.41) is 24.1. The van der Waals surface area contributed by atoms with E-state index in [0.717, 1.165) is 5.46 Å². The second-order valence-electron chi connectivity index (χ2n) is 9.83. The summed E-state index contributed by atoms with van der Waals surface area (Å²) in [6.07, 6.45) is 2.89. The van der Waals surface area contributed by atoms with Gasteiger partial charge in [-0.3, -0.25) is 9.58 Å². The Kier molecular flexibility index (Phi) is 5.18. The Morgan fingerprint density at radius 2 is 1.86 bits per heavy atom. The number of hydrogen-bond donors (Lipinski definition) is 1. The molecule has 1 N–H and O–H groups in total. The number of rotatable bonds is 5. The van der Waals surface area contributed by atoms with Crippen LogP contribution in [0, 0.1) is 11.3 Å². The summed E-state index contributed by atoms with van der Waals surface area (Å²) in [4.78, 5) is 1.79. The third kappa shape index (κ3) is 3.84. The Morgan fingerprint density at radius 1 is 1.29 bits per heavy atom. The number of aromatic nitrogens is 2. The van der Waals surface area contributed by atoms with Gasteiger partial charge in [-0.2, -0.15) is 10.4 Å². The predicted octanol–water partition coefficient (Wildman–Crippen LogP) is 1.20. The van der Waals surface area contributed by atoms with Gasteiger partial charge in [-0.15, -0.1) is 0 Å². The molecule has 0 aliphatic carbocycles. The molecular formula is C19H31BN4O4. The summed E-state index contributed by atoms with van der Waals surface area (Å²) in [7, 11) is -0.496. The average molecular weight is 390 g/mol. The van der Waals surface area contributed by atoms with Gasteiger partial charge in [0.2, 0.25) is 6.41 Å². The summed E-state index contributed by atoms with van der Waals surface area (Å²) in [6.45, 7) is 14.7. The molecule has 28 heavy (non-hydrogen) atoms. The molecule has 0 aromatic carbocycles.